The molecule has 0 spiro atoms. The molecule has 0 aromatic carbocycles. The molecule has 3 N–H and O–H groups in total. The number of carbonyl (C=O) groups is 2. The Bertz CT molecular complexity index is 541. The van der Waals surface area contributed by atoms with Crippen molar-refractivity contribution in [3.8, 4) is 0 Å². The van der Waals surface area contributed by atoms with Crippen molar-refractivity contribution in [2.75, 3.05) is 31.9 Å². The predicted molar refractivity (Wildman–Crippen MR) is 77.4 cm³/mol. The maximum Gasteiger partial charge on any atom is 0.242 e. The molecule has 3 rings (SSSR count). The van der Waals surface area contributed by atoms with Gasteiger partial charge in [0, 0.05) is 32.0 Å². The Morgan fingerprint density at radius 3 is 3.00 bits per heavy atom. The summed E-state index contributed by atoms with van der Waals surface area (Å²) in [4.78, 5) is 27.6. The minimum Gasteiger partial charge on any atom is -0.396 e. The fourth-order valence-electron chi connectivity index (χ4n) is 3.15. The number of carbonyl (C=O) groups excluding carboxylic acids is 2. The van der Waals surface area contributed by atoms with E-state index in [2.05, 4.69) is 10.2 Å². The zero-order chi connectivity index (χ0) is 14.8. The SMILES string of the molecule is Nc1cn[nH]c1C1CCN(C(=O)CN2CCCCC2=O)C1. The molecule has 1 aromatic rings. The molecule has 1 atom stereocenters. The highest BCUT2D eigenvalue weighted by Crippen LogP contribution is 2.29. The van der Waals surface area contributed by atoms with E-state index in [9.17, 15) is 9.59 Å². The molecule has 7 heteroatoms. The molecular weight excluding hydrogens is 270 g/mol. The highest BCUT2D eigenvalue weighted by molar-refractivity contribution is 5.85. The summed E-state index contributed by atoms with van der Waals surface area (Å²) >= 11 is 0. The van der Waals surface area contributed by atoms with Crippen LogP contribution < -0.4 is 5.73 Å². The van der Waals surface area contributed by atoms with Crippen LogP contribution >= 0.6 is 0 Å². The average molecular weight is 291 g/mol. The quantitative estimate of drug-likeness (QED) is 0.838. The summed E-state index contributed by atoms with van der Waals surface area (Å²) in [5.41, 5.74) is 7.43. The van der Waals surface area contributed by atoms with E-state index in [-0.39, 0.29) is 24.3 Å². The monoisotopic (exact) mass is 291 g/mol. The normalized spacial score (nSPS) is 22.9. The molecule has 2 amide bonds. The number of amides is 2. The molecule has 21 heavy (non-hydrogen) atoms. The van der Waals surface area contributed by atoms with Gasteiger partial charge in [-0.1, -0.05) is 0 Å². The van der Waals surface area contributed by atoms with Gasteiger partial charge in [-0.15, -0.1) is 0 Å². The molecule has 1 aromatic heterocycles. The summed E-state index contributed by atoms with van der Waals surface area (Å²) in [5, 5.41) is 6.85. The Morgan fingerprint density at radius 2 is 2.29 bits per heavy atom. The number of nitrogen functional groups attached to an aromatic ring is 1. The van der Waals surface area contributed by atoms with E-state index in [4.69, 9.17) is 5.73 Å². The van der Waals surface area contributed by atoms with Gasteiger partial charge in [0.15, 0.2) is 0 Å². The van der Waals surface area contributed by atoms with Crippen molar-refractivity contribution in [1.82, 2.24) is 20.0 Å². The third-order valence-electron chi connectivity index (χ3n) is 4.40. The lowest BCUT2D eigenvalue weighted by molar-refractivity contribution is -0.141. The Labute approximate surface area is 123 Å². The number of hydrogen-bond acceptors (Lipinski definition) is 4. The van der Waals surface area contributed by atoms with Gasteiger partial charge in [0.1, 0.15) is 0 Å². The minimum atomic E-state index is 0.0332. The van der Waals surface area contributed by atoms with Crippen LogP contribution in [-0.4, -0.2) is 58.0 Å². The fraction of sp³-hybridized carbons (Fsp3) is 0.643. The topological polar surface area (TPSA) is 95.3 Å². The highest BCUT2D eigenvalue weighted by Gasteiger charge is 2.31. The number of likely N-dealkylation sites (tertiary alicyclic amines) is 2. The molecule has 0 radical (unpaired) electrons. The van der Waals surface area contributed by atoms with Gasteiger partial charge in [-0.05, 0) is 19.3 Å². The predicted octanol–water partition coefficient (Wildman–Crippen LogP) is 0.320. The van der Waals surface area contributed by atoms with Crippen LogP contribution in [0.1, 0.15) is 37.3 Å². The van der Waals surface area contributed by atoms with Crippen LogP contribution in [0.4, 0.5) is 5.69 Å². The van der Waals surface area contributed by atoms with E-state index in [1.807, 2.05) is 4.90 Å². The molecule has 7 nitrogen and oxygen atoms in total. The summed E-state index contributed by atoms with van der Waals surface area (Å²) in [6, 6.07) is 0. The van der Waals surface area contributed by atoms with Gasteiger partial charge in [-0.2, -0.15) is 5.10 Å². The lowest BCUT2D eigenvalue weighted by Crippen LogP contribution is -2.44. The third-order valence-corrected chi connectivity index (χ3v) is 4.40. The smallest absolute Gasteiger partial charge is 0.242 e. The number of aromatic amines is 1. The number of rotatable bonds is 3. The molecule has 3 heterocycles. The van der Waals surface area contributed by atoms with Crippen molar-refractivity contribution in [2.24, 2.45) is 0 Å². The van der Waals surface area contributed by atoms with E-state index in [0.29, 0.717) is 31.7 Å². The van der Waals surface area contributed by atoms with E-state index in [0.717, 1.165) is 25.0 Å². The van der Waals surface area contributed by atoms with Crippen LogP contribution in [0.15, 0.2) is 6.20 Å². The van der Waals surface area contributed by atoms with Gasteiger partial charge in [-0.25, -0.2) is 0 Å². The first kappa shape index (κ1) is 13.9. The number of nitrogens with zero attached hydrogens (tertiary/aromatic N) is 3. The second kappa shape index (κ2) is 5.75. The Balaban J connectivity index is 1.57. The molecule has 0 aliphatic carbocycles. The Morgan fingerprint density at radius 1 is 1.43 bits per heavy atom. The number of hydrogen-bond donors (Lipinski definition) is 2. The second-order valence-electron chi connectivity index (χ2n) is 5.84. The van der Waals surface area contributed by atoms with E-state index in [1.54, 1.807) is 11.1 Å². The second-order valence-corrected chi connectivity index (χ2v) is 5.84. The largest absolute Gasteiger partial charge is 0.396 e. The maximum atomic E-state index is 12.3. The molecule has 2 saturated heterocycles. The number of H-pyrrole nitrogens is 1. The highest BCUT2D eigenvalue weighted by atomic mass is 16.2. The number of nitrogens with two attached hydrogens (primary N) is 1. The van der Waals surface area contributed by atoms with Crippen LogP contribution in [0, 0.1) is 0 Å². The molecule has 2 aliphatic rings. The number of nitrogens with one attached hydrogen (secondary N) is 1. The van der Waals surface area contributed by atoms with Crippen LogP contribution in [0.25, 0.3) is 0 Å². The van der Waals surface area contributed by atoms with E-state index < -0.39 is 0 Å². The number of anilines is 1. The zero-order valence-electron chi connectivity index (χ0n) is 12.0. The van der Waals surface area contributed by atoms with E-state index in [1.165, 1.54) is 0 Å². The summed E-state index contributed by atoms with van der Waals surface area (Å²) in [7, 11) is 0. The molecule has 1 unspecified atom stereocenters. The third kappa shape index (κ3) is 2.86. The average Bonchev–Trinajstić information content (AvgIpc) is 3.09. The lowest BCUT2D eigenvalue weighted by atomic mass is 10.0. The van der Waals surface area contributed by atoms with Gasteiger partial charge in [0.05, 0.1) is 24.1 Å². The Hall–Kier alpha value is -2.05. The van der Waals surface area contributed by atoms with Crippen molar-refractivity contribution >= 4 is 17.5 Å². The first-order valence-corrected chi connectivity index (χ1v) is 7.49. The zero-order valence-corrected chi connectivity index (χ0v) is 12.0. The van der Waals surface area contributed by atoms with Crippen molar-refractivity contribution in [1.29, 1.82) is 0 Å². The lowest BCUT2D eigenvalue weighted by Gasteiger charge is -2.28. The van der Waals surface area contributed by atoms with Crippen molar-refractivity contribution in [3.05, 3.63) is 11.9 Å². The molecule has 0 bridgehead atoms. The fourth-order valence-corrected chi connectivity index (χ4v) is 3.15. The van der Waals surface area contributed by atoms with Crippen LogP contribution in [0.2, 0.25) is 0 Å². The van der Waals surface area contributed by atoms with Gasteiger partial charge < -0.3 is 15.5 Å². The summed E-state index contributed by atoms with van der Waals surface area (Å²) in [5.74, 6) is 0.350. The van der Waals surface area contributed by atoms with Crippen LogP contribution in [0.5, 0.6) is 0 Å². The molecule has 2 aliphatic heterocycles. The van der Waals surface area contributed by atoms with Gasteiger partial charge in [-0.3, -0.25) is 14.7 Å². The van der Waals surface area contributed by atoms with Gasteiger partial charge in [0.2, 0.25) is 11.8 Å². The molecular formula is C14H21N5O2. The number of piperidine rings is 1. The number of aromatic nitrogens is 2. The minimum absolute atomic E-state index is 0.0332. The standard InChI is InChI=1S/C14H21N5O2/c15-11-7-16-17-14(11)10-4-6-19(8-10)13(21)9-18-5-2-1-3-12(18)20/h7,10H,1-6,8-9,15H2,(H,16,17). The van der Waals surface area contributed by atoms with Gasteiger partial charge >= 0.3 is 0 Å². The van der Waals surface area contributed by atoms with Crippen LogP contribution in [-0.2, 0) is 9.59 Å². The summed E-state index contributed by atoms with van der Waals surface area (Å²) in [6.45, 7) is 2.27. The van der Waals surface area contributed by atoms with Gasteiger partial charge in [0.25, 0.3) is 0 Å². The van der Waals surface area contributed by atoms with E-state index >= 15 is 0 Å². The maximum absolute atomic E-state index is 12.3. The molecule has 0 saturated carbocycles. The molecule has 2 fully saturated rings. The van der Waals surface area contributed by atoms with Crippen molar-refractivity contribution < 1.29 is 9.59 Å². The van der Waals surface area contributed by atoms with Crippen molar-refractivity contribution in [3.63, 3.8) is 0 Å². The van der Waals surface area contributed by atoms with Crippen molar-refractivity contribution in [2.45, 2.75) is 31.6 Å². The molecule has 114 valence electrons. The first-order valence-electron chi connectivity index (χ1n) is 7.49. The Kier molecular flexibility index (Phi) is 3.81. The first-order chi connectivity index (χ1) is 10.1. The van der Waals surface area contributed by atoms with Crippen LogP contribution in [0.3, 0.4) is 0 Å². The summed E-state index contributed by atoms with van der Waals surface area (Å²) < 4.78 is 0. The summed E-state index contributed by atoms with van der Waals surface area (Å²) in [6.07, 6.45) is 4.99.